The Kier molecular flexibility index (Phi) is 3.54. The molecule has 0 aromatic carbocycles. The summed E-state index contributed by atoms with van der Waals surface area (Å²) in [4.78, 5) is 4.09. The molecule has 4 nitrogen and oxygen atoms in total. The molecule has 0 spiro atoms. The van der Waals surface area contributed by atoms with Gasteiger partial charge in [-0.2, -0.15) is 5.10 Å². The summed E-state index contributed by atoms with van der Waals surface area (Å²) in [7, 11) is 0. The van der Waals surface area contributed by atoms with Crippen LogP contribution < -0.4 is 0 Å². The van der Waals surface area contributed by atoms with Crippen LogP contribution in [0.5, 0.6) is 0 Å². The Balaban J connectivity index is 2.40. The maximum Gasteiger partial charge on any atom is 0.0941 e. The smallest absolute Gasteiger partial charge is 0.0941 e. The van der Waals surface area contributed by atoms with Crippen LogP contribution in [-0.4, -0.2) is 26.5 Å². The summed E-state index contributed by atoms with van der Waals surface area (Å²) in [5.74, 6) is 0.388. The Bertz CT molecular complexity index is 477. The molecule has 17 heavy (non-hydrogen) atoms. The normalized spacial score (nSPS) is 11.1. The van der Waals surface area contributed by atoms with Crippen LogP contribution in [0.15, 0.2) is 30.6 Å². The third-order valence-electron chi connectivity index (χ3n) is 2.67. The molecule has 0 unspecified atom stereocenters. The Morgan fingerprint density at radius 3 is 2.82 bits per heavy atom. The third-order valence-corrected chi connectivity index (χ3v) is 2.67. The van der Waals surface area contributed by atoms with Gasteiger partial charge in [0.05, 0.1) is 18.8 Å². The summed E-state index contributed by atoms with van der Waals surface area (Å²) < 4.78 is 1.87. The number of hydrogen-bond donors (Lipinski definition) is 1. The van der Waals surface area contributed by atoms with Crippen molar-refractivity contribution in [2.45, 2.75) is 26.3 Å². The van der Waals surface area contributed by atoms with Gasteiger partial charge in [-0.25, -0.2) is 0 Å². The van der Waals surface area contributed by atoms with Gasteiger partial charge < -0.3 is 5.11 Å². The van der Waals surface area contributed by atoms with E-state index >= 15 is 0 Å². The topological polar surface area (TPSA) is 50.9 Å². The number of aromatic nitrogens is 3. The maximum absolute atomic E-state index is 9.03. The van der Waals surface area contributed by atoms with Gasteiger partial charge >= 0.3 is 0 Å². The van der Waals surface area contributed by atoms with Gasteiger partial charge in [0.15, 0.2) is 0 Å². The summed E-state index contributed by atoms with van der Waals surface area (Å²) in [5, 5.41) is 13.5. The zero-order valence-electron chi connectivity index (χ0n) is 10.2. The lowest BCUT2D eigenvalue weighted by Crippen LogP contribution is -2.09. The van der Waals surface area contributed by atoms with Crippen LogP contribution in [-0.2, 0) is 6.54 Å². The Labute approximate surface area is 101 Å². The van der Waals surface area contributed by atoms with Gasteiger partial charge in [-0.15, -0.1) is 0 Å². The standard InChI is InChI=1S/C13H17N3O/c1-10(2)13-8-12(15-16(13)6-7-17)11-4-3-5-14-9-11/h3-5,8-10,17H,6-7H2,1-2H3. The van der Waals surface area contributed by atoms with E-state index in [1.54, 1.807) is 12.4 Å². The first-order valence-electron chi connectivity index (χ1n) is 5.81. The van der Waals surface area contributed by atoms with Crippen molar-refractivity contribution in [3.8, 4) is 11.3 Å². The first-order valence-corrected chi connectivity index (χ1v) is 5.81. The monoisotopic (exact) mass is 231 g/mol. The largest absolute Gasteiger partial charge is 0.394 e. The molecule has 0 bridgehead atoms. The van der Waals surface area contributed by atoms with E-state index in [1.807, 2.05) is 16.8 Å². The van der Waals surface area contributed by atoms with E-state index in [4.69, 9.17) is 5.11 Å². The van der Waals surface area contributed by atoms with Crippen LogP contribution in [0.1, 0.15) is 25.5 Å². The molecule has 2 aromatic heterocycles. The number of aliphatic hydroxyl groups is 1. The molecule has 0 fully saturated rings. The summed E-state index contributed by atoms with van der Waals surface area (Å²) in [6, 6.07) is 5.95. The van der Waals surface area contributed by atoms with Crippen molar-refractivity contribution in [2.24, 2.45) is 0 Å². The van der Waals surface area contributed by atoms with Gasteiger partial charge in [-0.3, -0.25) is 9.67 Å². The van der Waals surface area contributed by atoms with Crippen LogP contribution in [0.25, 0.3) is 11.3 Å². The van der Waals surface area contributed by atoms with Crippen LogP contribution >= 0.6 is 0 Å². The van der Waals surface area contributed by atoms with Gasteiger partial charge in [-0.1, -0.05) is 13.8 Å². The minimum atomic E-state index is 0.105. The molecule has 1 N–H and O–H groups in total. The highest BCUT2D eigenvalue weighted by Gasteiger charge is 2.11. The minimum absolute atomic E-state index is 0.105. The van der Waals surface area contributed by atoms with Crippen molar-refractivity contribution in [3.63, 3.8) is 0 Å². The molecule has 0 aliphatic rings. The predicted molar refractivity (Wildman–Crippen MR) is 66.6 cm³/mol. The van der Waals surface area contributed by atoms with Crippen LogP contribution in [0.3, 0.4) is 0 Å². The predicted octanol–water partition coefficient (Wildman–Crippen LogP) is 2.06. The number of rotatable bonds is 4. The first-order chi connectivity index (χ1) is 8.22. The fourth-order valence-corrected chi connectivity index (χ4v) is 1.83. The molecule has 0 saturated heterocycles. The molecule has 0 amide bonds. The molecule has 0 aliphatic heterocycles. The quantitative estimate of drug-likeness (QED) is 0.876. The van der Waals surface area contributed by atoms with E-state index in [9.17, 15) is 0 Å². The van der Waals surface area contributed by atoms with Gasteiger partial charge in [0.1, 0.15) is 0 Å². The highest BCUT2D eigenvalue weighted by Crippen LogP contribution is 2.22. The van der Waals surface area contributed by atoms with E-state index in [0.717, 1.165) is 17.0 Å². The fourth-order valence-electron chi connectivity index (χ4n) is 1.83. The third kappa shape index (κ3) is 2.53. The van der Waals surface area contributed by atoms with Crippen LogP contribution in [0, 0.1) is 0 Å². The summed E-state index contributed by atoms with van der Waals surface area (Å²) in [6.07, 6.45) is 3.55. The second kappa shape index (κ2) is 5.10. The lowest BCUT2D eigenvalue weighted by molar-refractivity contribution is 0.266. The van der Waals surface area contributed by atoms with E-state index in [1.165, 1.54) is 0 Å². The average Bonchev–Trinajstić information content (AvgIpc) is 2.75. The first kappa shape index (κ1) is 11.8. The Hall–Kier alpha value is -1.68. The Morgan fingerprint density at radius 1 is 1.41 bits per heavy atom. The molecular weight excluding hydrogens is 214 g/mol. The van der Waals surface area contributed by atoms with Crippen LogP contribution in [0.4, 0.5) is 0 Å². The molecule has 0 atom stereocenters. The van der Waals surface area contributed by atoms with Crippen LogP contribution in [0.2, 0.25) is 0 Å². The number of nitrogens with zero attached hydrogens (tertiary/aromatic N) is 3. The van der Waals surface area contributed by atoms with Crippen molar-refractivity contribution in [1.82, 2.24) is 14.8 Å². The van der Waals surface area contributed by atoms with Crippen molar-refractivity contribution < 1.29 is 5.11 Å². The molecular formula is C13H17N3O. The van der Waals surface area contributed by atoms with Gasteiger partial charge in [-0.05, 0) is 24.1 Å². The molecule has 0 aliphatic carbocycles. The van der Waals surface area contributed by atoms with Crippen molar-refractivity contribution in [3.05, 3.63) is 36.3 Å². The molecule has 2 aromatic rings. The average molecular weight is 231 g/mol. The van der Waals surface area contributed by atoms with Crippen molar-refractivity contribution >= 4 is 0 Å². The number of hydrogen-bond acceptors (Lipinski definition) is 3. The summed E-state index contributed by atoms with van der Waals surface area (Å²) in [5.41, 5.74) is 3.05. The highest BCUT2D eigenvalue weighted by molar-refractivity contribution is 5.58. The second-order valence-corrected chi connectivity index (χ2v) is 4.30. The minimum Gasteiger partial charge on any atom is -0.394 e. The van der Waals surface area contributed by atoms with E-state index < -0.39 is 0 Å². The molecule has 0 saturated carbocycles. The van der Waals surface area contributed by atoms with E-state index in [0.29, 0.717) is 12.5 Å². The molecule has 4 heteroatoms. The van der Waals surface area contributed by atoms with Crippen molar-refractivity contribution in [1.29, 1.82) is 0 Å². The summed E-state index contributed by atoms with van der Waals surface area (Å²) in [6.45, 7) is 4.89. The molecule has 2 rings (SSSR count). The second-order valence-electron chi connectivity index (χ2n) is 4.30. The zero-order chi connectivity index (χ0) is 12.3. The SMILES string of the molecule is CC(C)c1cc(-c2cccnc2)nn1CCO. The van der Waals surface area contributed by atoms with E-state index in [-0.39, 0.29) is 6.61 Å². The molecule has 0 radical (unpaired) electrons. The van der Waals surface area contributed by atoms with Gasteiger partial charge in [0.25, 0.3) is 0 Å². The number of aliphatic hydroxyl groups excluding tert-OH is 1. The Morgan fingerprint density at radius 2 is 2.24 bits per heavy atom. The molecule has 90 valence electrons. The fraction of sp³-hybridized carbons (Fsp3) is 0.385. The summed E-state index contributed by atoms with van der Waals surface area (Å²) >= 11 is 0. The maximum atomic E-state index is 9.03. The van der Waals surface area contributed by atoms with Gasteiger partial charge in [0, 0.05) is 23.7 Å². The molecule has 2 heterocycles. The lowest BCUT2D eigenvalue weighted by atomic mass is 10.1. The van der Waals surface area contributed by atoms with Crippen molar-refractivity contribution in [2.75, 3.05) is 6.61 Å². The van der Waals surface area contributed by atoms with E-state index in [2.05, 4.69) is 30.0 Å². The highest BCUT2D eigenvalue weighted by atomic mass is 16.3. The lowest BCUT2D eigenvalue weighted by Gasteiger charge is -2.07. The van der Waals surface area contributed by atoms with Gasteiger partial charge in [0.2, 0.25) is 0 Å². The zero-order valence-corrected chi connectivity index (χ0v) is 10.2. The number of pyridine rings is 1.